The van der Waals surface area contributed by atoms with Crippen molar-refractivity contribution in [2.45, 2.75) is 6.55 Å². The summed E-state index contributed by atoms with van der Waals surface area (Å²) in [5.74, 6) is 4.00. The number of hydrogen-bond donors (Lipinski definition) is 0. The van der Waals surface area contributed by atoms with Crippen molar-refractivity contribution >= 4 is 8.07 Å². The Kier molecular flexibility index (Phi) is 4.16. The maximum Gasteiger partial charge on any atom is 0.181 e. The van der Waals surface area contributed by atoms with Crippen molar-refractivity contribution in [3.05, 3.63) is 54.4 Å². The highest BCUT2D eigenvalue weighted by molar-refractivity contribution is 6.94. The van der Waals surface area contributed by atoms with Crippen LogP contribution in [0.25, 0.3) is 0 Å². The van der Waals surface area contributed by atoms with Crippen LogP contribution >= 0.6 is 0 Å². The van der Waals surface area contributed by atoms with Crippen LogP contribution in [0.5, 0.6) is 5.75 Å². The molecular weight excluding hydrogens is 212 g/mol. The van der Waals surface area contributed by atoms with Gasteiger partial charge in [0.25, 0.3) is 0 Å². The van der Waals surface area contributed by atoms with E-state index in [4.69, 9.17) is 4.74 Å². The van der Waals surface area contributed by atoms with E-state index in [-0.39, 0.29) is 0 Å². The lowest BCUT2D eigenvalue weighted by atomic mass is 10.2. The Bertz CT molecular complexity index is 426. The second-order valence-corrected chi connectivity index (χ2v) is 7.30. The van der Waals surface area contributed by atoms with E-state index < -0.39 is 8.07 Å². The molecule has 0 bridgehead atoms. The maximum atomic E-state index is 5.09. The molecule has 0 fully saturated rings. The van der Waals surface area contributed by atoms with E-state index in [2.05, 4.69) is 31.2 Å². The smallest absolute Gasteiger partial charge is 0.181 e. The monoisotopic (exact) mass is 228 g/mol. The molecule has 0 amide bonds. The molecule has 1 aromatic carbocycles. The molecule has 1 nitrogen and oxygen atoms in total. The highest BCUT2D eigenvalue weighted by Crippen LogP contribution is 2.11. The molecular formula is C14H16OSi. The van der Waals surface area contributed by atoms with Gasteiger partial charge in [0.15, 0.2) is 8.07 Å². The quantitative estimate of drug-likeness (QED) is 0.570. The predicted molar refractivity (Wildman–Crippen MR) is 71.9 cm³/mol. The van der Waals surface area contributed by atoms with Crippen LogP contribution in [0.15, 0.2) is 48.8 Å². The first-order valence-corrected chi connectivity index (χ1v) is 7.73. The summed E-state index contributed by atoms with van der Waals surface area (Å²) in [5, 5.41) is 0. The fraction of sp³-hybridized carbons (Fsp3) is 0.143. The highest BCUT2D eigenvalue weighted by Gasteiger charge is 2.14. The fourth-order valence-electron chi connectivity index (χ4n) is 1.07. The number of ether oxygens (including phenoxy) is 1. The maximum absolute atomic E-state index is 5.09. The van der Waals surface area contributed by atoms with Crippen LogP contribution in [0, 0.1) is 11.5 Å². The van der Waals surface area contributed by atoms with Gasteiger partial charge in [-0.05, 0) is 24.3 Å². The van der Waals surface area contributed by atoms with Gasteiger partial charge in [-0.15, -0.1) is 18.7 Å². The molecule has 0 heterocycles. The lowest BCUT2D eigenvalue weighted by Gasteiger charge is -2.07. The fourth-order valence-corrected chi connectivity index (χ4v) is 1.85. The molecule has 1 rings (SSSR count). The summed E-state index contributed by atoms with van der Waals surface area (Å²) in [6.45, 7) is 9.74. The Morgan fingerprint density at radius 1 is 1.19 bits per heavy atom. The molecule has 0 aliphatic carbocycles. The van der Waals surface area contributed by atoms with Crippen LogP contribution in [0.3, 0.4) is 0 Å². The first kappa shape index (κ1) is 12.3. The van der Waals surface area contributed by atoms with Crippen molar-refractivity contribution in [3.63, 3.8) is 0 Å². The third-order valence-electron chi connectivity index (χ3n) is 2.41. The van der Waals surface area contributed by atoms with Crippen LogP contribution in [0.1, 0.15) is 5.56 Å². The van der Waals surface area contributed by atoms with Crippen molar-refractivity contribution in [3.8, 4) is 17.2 Å². The zero-order valence-corrected chi connectivity index (χ0v) is 10.8. The summed E-state index contributed by atoms with van der Waals surface area (Å²) in [4.78, 5) is 0. The van der Waals surface area contributed by atoms with E-state index in [1.54, 1.807) is 7.11 Å². The van der Waals surface area contributed by atoms with Gasteiger partial charge >= 0.3 is 0 Å². The van der Waals surface area contributed by atoms with Gasteiger partial charge in [-0.25, -0.2) is 0 Å². The lowest BCUT2D eigenvalue weighted by Crippen LogP contribution is -2.21. The number of methoxy groups -OCH3 is 1. The highest BCUT2D eigenvalue weighted by atomic mass is 28.3. The Balaban J connectivity index is 2.92. The van der Waals surface area contributed by atoms with Crippen molar-refractivity contribution in [1.29, 1.82) is 0 Å². The summed E-state index contributed by atoms with van der Waals surface area (Å²) in [6.07, 6.45) is 0. The third kappa shape index (κ3) is 3.15. The molecule has 1 aromatic rings. The molecule has 0 saturated carbocycles. The summed E-state index contributed by atoms with van der Waals surface area (Å²) in [5.41, 5.74) is 8.10. The Morgan fingerprint density at radius 2 is 1.75 bits per heavy atom. The first-order chi connectivity index (χ1) is 7.63. The summed E-state index contributed by atoms with van der Waals surface area (Å²) in [6, 6.07) is 7.72. The van der Waals surface area contributed by atoms with Gasteiger partial charge in [0.1, 0.15) is 5.75 Å². The Morgan fingerprint density at radius 3 is 2.19 bits per heavy atom. The Labute approximate surface area is 98.5 Å². The van der Waals surface area contributed by atoms with Gasteiger partial charge in [-0.3, -0.25) is 0 Å². The number of rotatable bonds is 3. The average Bonchev–Trinajstić information content (AvgIpc) is 2.36. The van der Waals surface area contributed by atoms with Gasteiger partial charge in [-0.2, -0.15) is 0 Å². The lowest BCUT2D eigenvalue weighted by molar-refractivity contribution is 0.415. The molecule has 0 aliphatic rings. The van der Waals surface area contributed by atoms with E-state index >= 15 is 0 Å². The molecule has 2 heteroatoms. The van der Waals surface area contributed by atoms with E-state index in [1.165, 1.54) is 0 Å². The van der Waals surface area contributed by atoms with Gasteiger partial charge in [-0.1, -0.05) is 23.9 Å². The van der Waals surface area contributed by atoms with Crippen LogP contribution in [0.4, 0.5) is 0 Å². The zero-order chi connectivity index (χ0) is 12.0. The van der Waals surface area contributed by atoms with E-state index in [9.17, 15) is 0 Å². The van der Waals surface area contributed by atoms with Gasteiger partial charge in [0.2, 0.25) is 0 Å². The van der Waals surface area contributed by atoms with E-state index in [0.717, 1.165) is 11.3 Å². The van der Waals surface area contributed by atoms with Crippen molar-refractivity contribution in [2.24, 2.45) is 0 Å². The third-order valence-corrected chi connectivity index (χ3v) is 4.77. The van der Waals surface area contributed by atoms with Gasteiger partial charge in [0, 0.05) is 5.56 Å². The minimum absolute atomic E-state index is 0.845. The number of hydrogen-bond acceptors (Lipinski definition) is 1. The topological polar surface area (TPSA) is 9.23 Å². The molecule has 0 saturated heterocycles. The van der Waals surface area contributed by atoms with Crippen LogP contribution in [-0.4, -0.2) is 15.2 Å². The largest absolute Gasteiger partial charge is 0.497 e. The molecule has 0 unspecified atom stereocenters. The molecule has 0 atom stereocenters. The standard InChI is InChI=1S/C14H16OSi/c1-5-16(4,6-2)12-11-13-7-9-14(15-3)10-8-13/h5-10H,1-2H2,3-4H3. The summed E-state index contributed by atoms with van der Waals surface area (Å²) in [7, 11) is -0.114. The second kappa shape index (κ2) is 5.39. The molecule has 0 aliphatic heterocycles. The first-order valence-electron chi connectivity index (χ1n) is 5.08. The van der Waals surface area contributed by atoms with Crippen LogP contribution < -0.4 is 4.74 Å². The van der Waals surface area contributed by atoms with Gasteiger partial charge < -0.3 is 4.74 Å². The van der Waals surface area contributed by atoms with Crippen molar-refractivity contribution < 1.29 is 4.74 Å². The Hall–Kier alpha value is -1.72. The minimum atomic E-state index is -1.77. The van der Waals surface area contributed by atoms with E-state index in [1.807, 2.05) is 35.7 Å². The zero-order valence-electron chi connectivity index (χ0n) is 9.79. The van der Waals surface area contributed by atoms with Gasteiger partial charge in [0.05, 0.1) is 7.11 Å². The molecule has 0 spiro atoms. The summed E-state index contributed by atoms with van der Waals surface area (Å²) >= 11 is 0. The van der Waals surface area contributed by atoms with Crippen LogP contribution in [-0.2, 0) is 0 Å². The van der Waals surface area contributed by atoms with Crippen molar-refractivity contribution in [1.82, 2.24) is 0 Å². The molecule has 0 N–H and O–H groups in total. The average molecular weight is 228 g/mol. The second-order valence-electron chi connectivity index (χ2n) is 3.67. The van der Waals surface area contributed by atoms with E-state index in [0.29, 0.717) is 0 Å². The molecule has 82 valence electrons. The summed E-state index contributed by atoms with van der Waals surface area (Å²) < 4.78 is 5.09. The molecule has 0 aromatic heterocycles. The minimum Gasteiger partial charge on any atom is -0.497 e. The SMILES string of the molecule is C=C[Si](C)(C#Cc1ccc(OC)cc1)C=C. The predicted octanol–water partition coefficient (Wildman–Crippen LogP) is 3.11. The molecule has 0 radical (unpaired) electrons. The van der Waals surface area contributed by atoms with Crippen LogP contribution in [0.2, 0.25) is 6.55 Å². The number of benzene rings is 1. The van der Waals surface area contributed by atoms with Crippen molar-refractivity contribution in [2.75, 3.05) is 7.11 Å². The molecule has 16 heavy (non-hydrogen) atoms. The normalized spacial score (nSPS) is 9.88.